The number of carbonyl (C=O) groups is 1. The number of nitrogens with one attached hydrogen (secondary N) is 1. The Morgan fingerprint density at radius 2 is 1.93 bits per heavy atom. The second-order valence-electron chi connectivity index (χ2n) is 5.17. The van der Waals surface area contributed by atoms with Crippen molar-refractivity contribution in [2.75, 3.05) is 19.5 Å². The number of non-ortho nitro benzene ring substituents is 1. The Labute approximate surface area is 168 Å². The van der Waals surface area contributed by atoms with Crippen molar-refractivity contribution in [3.05, 3.63) is 61.2 Å². The van der Waals surface area contributed by atoms with Gasteiger partial charge in [0.15, 0.2) is 11.5 Å². The molecule has 2 rings (SSSR count). The molecule has 0 radical (unpaired) electrons. The number of benzene rings is 2. The fourth-order valence-electron chi connectivity index (χ4n) is 2.20. The molecule has 0 saturated heterocycles. The molecule has 2 aromatic carbocycles. The predicted octanol–water partition coefficient (Wildman–Crippen LogP) is 3.76. The monoisotopic (exact) mass is 479 g/mol. The largest absolute Gasteiger partial charge is 0.493 e. The Morgan fingerprint density at radius 1 is 1.26 bits per heavy atom. The number of nitriles is 1. The molecule has 0 aliphatic rings. The average molecular weight is 479 g/mol. The first-order valence-corrected chi connectivity index (χ1v) is 8.56. The number of carbonyl (C=O) groups excluding carboxylic acids is 1. The molecular weight excluding hydrogens is 465 g/mol. The number of anilines is 1. The highest BCUT2D eigenvalue weighted by atomic mass is 127. The van der Waals surface area contributed by atoms with Crippen LogP contribution >= 0.6 is 22.6 Å². The molecule has 0 aliphatic carbocycles. The molecule has 0 spiro atoms. The Kier molecular flexibility index (Phi) is 6.73. The molecule has 9 heteroatoms. The van der Waals surface area contributed by atoms with Crippen molar-refractivity contribution >= 4 is 45.9 Å². The van der Waals surface area contributed by atoms with Gasteiger partial charge in [0, 0.05) is 17.8 Å². The zero-order chi connectivity index (χ0) is 20.0. The summed E-state index contributed by atoms with van der Waals surface area (Å²) in [5, 5.41) is 22.5. The van der Waals surface area contributed by atoms with Crippen LogP contribution in [0.5, 0.6) is 11.5 Å². The van der Waals surface area contributed by atoms with Gasteiger partial charge in [0.1, 0.15) is 11.6 Å². The van der Waals surface area contributed by atoms with E-state index in [2.05, 4.69) is 27.9 Å². The normalized spacial score (nSPS) is 10.7. The summed E-state index contributed by atoms with van der Waals surface area (Å²) >= 11 is 2.07. The number of hydrogen-bond acceptors (Lipinski definition) is 6. The van der Waals surface area contributed by atoms with E-state index in [0.29, 0.717) is 22.7 Å². The minimum Gasteiger partial charge on any atom is -0.493 e. The predicted molar refractivity (Wildman–Crippen MR) is 108 cm³/mol. The van der Waals surface area contributed by atoms with Crippen LogP contribution in [0.2, 0.25) is 0 Å². The van der Waals surface area contributed by atoms with Gasteiger partial charge in [-0.15, -0.1) is 0 Å². The molecule has 0 heterocycles. The fourth-order valence-corrected chi connectivity index (χ4v) is 3.05. The maximum absolute atomic E-state index is 12.3. The van der Waals surface area contributed by atoms with Crippen LogP contribution < -0.4 is 14.8 Å². The van der Waals surface area contributed by atoms with Gasteiger partial charge >= 0.3 is 0 Å². The summed E-state index contributed by atoms with van der Waals surface area (Å²) in [4.78, 5) is 22.5. The van der Waals surface area contributed by atoms with Crippen LogP contribution in [0.25, 0.3) is 6.08 Å². The summed E-state index contributed by atoms with van der Waals surface area (Å²) in [6.45, 7) is 0. The van der Waals surface area contributed by atoms with Crippen molar-refractivity contribution in [1.29, 1.82) is 5.26 Å². The number of methoxy groups -OCH3 is 2. The van der Waals surface area contributed by atoms with Crippen molar-refractivity contribution in [2.45, 2.75) is 0 Å². The molecule has 138 valence electrons. The molecule has 8 nitrogen and oxygen atoms in total. The molecule has 1 amide bonds. The smallest absolute Gasteiger partial charge is 0.269 e. The van der Waals surface area contributed by atoms with Crippen molar-refractivity contribution in [1.82, 2.24) is 0 Å². The summed E-state index contributed by atoms with van der Waals surface area (Å²) in [7, 11) is 3.02. The van der Waals surface area contributed by atoms with Crippen molar-refractivity contribution in [3.8, 4) is 17.6 Å². The van der Waals surface area contributed by atoms with Gasteiger partial charge in [-0.1, -0.05) is 0 Å². The second kappa shape index (κ2) is 9.00. The molecule has 0 aromatic heterocycles. The van der Waals surface area contributed by atoms with Gasteiger partial charge in [-0.25, -0.2) is 0 Å². The number of amides is 1. The third kappa shape index (κ3) is 4.95. The first-order chi connectivity index (χ1) is 12.9. The quantitative estimate of drug-likeness (QED) is 0.222. The number of nitrogens with zero attached hydrogens (tertiary/aromatic N) is 2. The molecule has 0 aliphatic heterocycles. The molecule has 0 saturated carbocycles. The molecule has 0 fully saturated rings. The lowest BCUT2D eigenvalue weighted by Gasteiger charge is -2.11. The maximum atomic E-state index is 12.3. The summed E-state index contributed by atoms with van der Waals surface area (Å²) in [6.07, 6.45) is 1.42. The van der Waals surface area contributed by atoms with E-state index in [1.165, 1.54) is 44.6 Å². The van der Waals surface area contributed by atoms with E-state index in [-0.39, 0.29) is 11.3 Å². The van der Waals surface area contributed by atoms with Crippen LogP contribution in [0.15, 0.2) is 42.0 Å². The van der Waals surface area contributed by atoms with Crippen LogP contribution in [-0.4, -0.2) is 25.1 Å². The van der Waals surface area contributed by atoms with Crippen LogP contribution in [0.4, 0.5) is 11.4 Å². The van der Waals surface area contributed by atoms with Crippen molar-refractivity contribution < 1.29 is 19.2 Å². The van der Waals surface area contributed by atoms with E-state index in [4.69, 9.17) is 9.47 Å². The van der Waals surface area contributed by atoms with Gasteiger partial charge < -0.3 is 14.8 Å². The summed E-state index contributed by atoms with van der Waals surface area (Å²) < 4.78 is 11.3. The molecular formula is C18H14IN3O5. The SMILES string of the molecule is COc1cc(C=C(C#N)C(=O)Nc2ccc([N+](=O)[O-])cc2)cc(I)c1OC. The van der Waals surface area contributed by atoms with E-state index < -0.39 is 10.8 Å². The molecule has 0 atom stereocenters. The number of nitro groups is 1. The maximum Gasteiger partial charge on any atom is 0.269 e. The van der Waals surface area contributed by atoms with Gasteiger partial charge in [-0.05, 0) is 58.5 Å². The van der Waals surface area contributed by atoms with Crippen LogP contribution in [0.3, 0.4) is 0 Å². The van der Waals surface area contributed by atoms with E-state index in [1.807, 2.05) is 6.07 Å². The molecule has 2 aromatic rings. The highest BCUT2D eigenvalue weighted by Gasteiger charge is 2.14. The Bertz CT molecular complexity index is 949. The number of hydrogen-bond donors (Lipinski definition) is 1. The van der Waals surface area contributed by atoms with Crippen molar-refractivity contribution in [2.24, 2.45) is 0 Å². The number of ether oxygens (including phenoxy) is 2. The number of rotatable bonds is 6. The molecule has 1 N–H and O–H groups in total. The summed E-state index contributed by atoms with van der Waals surface area (Å²) in [6, 6.07) is 10.6. The zero-order valence-electron chi connectivity index (χ0n) is 14.4. The lowest BCUT2D eigenvalue weighted by molar-refractivity contribution is -0.384. The minimum absolute atomic E-state index is 0.0936. The van der Waals surface area contributed by atoms with E-state index >= 15 is 0 Å². The highest BCUT2D eigenvalue weighted by Crippen LogP contribution is 2.34. The highest BCUT2D eigenvalue weighted by molar-refractivity contribution is 14.1. The first kappa shape index (κ1) is 20.2. The van der Waals surface area contributed by atoms with Crippen LogP contribution in [-0.2, 0) is 4.79 Å². The minimum atomic E-state index is -0.629. The topological polar surface area (TPSA) is 114 Å². The third-order valence-electron chi connectivity index (χ3n) is 3.47. The van der Waals surface area contributed by atoms with Gasteiger partial charge in [0.2, 0.25) is 0 Å². The van der Waals surface area contributed by atoms with Crippen LogP contribution in [0.1, 0.15) is 5.56 Å². The lowest BCUT2D eigenvalue weighted by Crippen LogP contribution is -2.13. The fraction of sp³-hybridized carbons (Fsp3) is 0.111. The molecule has 27 heavy (non-hydrogen) atoms. The third-order valence-corrected chi connectivity index (χ3v) is 4.27. The van der Waals surface area contributed by atoms with Gasteiger partial charge in [-0.2, -0.15) is 5.26 Å². The Morgan fingerprint density at radius 3 is 2.44 bits per heavy atom. The zero-order valence-corrected chi connectivity index (χ0v) is 16.5. The van der Waals surface area contributed by atoms with E-state index in [0.717, 1.165) is 3.57 Å². The first-order valence-electron chi connectivity index (χ1n) is 7.48. The Hall–Kier alpha value is -3.13. The van der Waals surface area contributed by atoms with Gasteiger partial charge in [-0.3, -0.25) is 14.9 Å². The number of nitro benzene ring substituents is 1. The van der Waals surface area contributed by atoms with E-state index in [1.54, 1.807) is 12.1 Å². The van der Waals surface area contributed by atoms with Crippen molar-refractivity contribution in [3.63, 3.8) is 0 Å². The lowest BCUT2D eigenvalue weighted by atomic mass is 10.1. The summed E-state index contributed by atoms with van der Waals surface area (Å²) in [5.41, 5.74) is 0.710. The Balaban J connectivity index is 2.27. The second-order valence-corrected chi connectivity index (χ2v) is 6.33. The van der Waals surface area contributed by atoms with Gasteiger partial charge in [0.25, 0.3) is 11.6 Å². The summed E-state index contributed by atoms with van der Waals surface area (Å²) in [5.74, 6) is 0.406. The standard InChI is InChI=1S/C18H14IN3O5/c1-26-16-9-11(8-15(19)17(16)27-2)7-12(10-20)18(23)21-13-3-5-14(6-4-13)22(24)25/h3-9H,1-2H3,(H,21,23). The van der Waals surface area contributed by atoms with E-state index in [9.17, 15) is 20.2 Å². The molecule has 0 unspecified atom stereocenters. The average Bonchev–Trinajstić information content (AvgIpc) is 2.65. The van der Waals surface area contributed by atoms with Gasteiger partial charge in [0.05, 0.1) is 22.7 Å². The number of halogens is 1. The van der Waals surface area contributed by atoms with Crippen LogP contribution in [0, 0.1) is 25.0 Å². The molecule has 0 bridgehead atoms.